The van der Waals surface area contributed by atoms with E-state index >= 15 is 0 Å². The van der Waals surface area contributed by atoms with Crippen LogP contribution >= 0.6 is 11.6 Å². The van der Waals surface area contributed by atoms with Crippen LogP contribution in [0.25, 0.3) is 0 Å². The number of nitrogens with zero attached hydrogens (tertiary/aromatic N) is 2. The van der Waals surface area contributed by atoms with Crippen molar-refractivity contribution in [2.75, 3.05) is 13.2 Å². The highest BCUT2D eigenvalue weighted by atomic mass is 35.5. The van der Waals surface area contributed by atoms with Crippen LogP contribution in [0, 0.1) is 12.8 Å². The second-order valence-corrected chi connectivity index (χ2v) is 5.29. The van der Waals surface area contributed by atoms with Gasteiger partial charge in [-0.1, -0.05) is 11.6 Å². The van der Waals surface area contributed by atoms with Crippen LogP contribution in [-0.2, 0) is 18.2 Å². The van der Waals surface area contributed by atoms with E-state index in [-0.39, 0.29) is 6.04 Å². The first-order valence-corrected chi connectivity index (χ1v) is 6.73. The van der Waals surface area contributed by atoms with Crippen LogP contribution in [-0.4, -0.2) is 29.0 Å². The smallest absolute Gasteiger partial charge is 0.130 e. The van der Waals surface area contributed by atoms with Crippen molar-refractivity contribution >= 4 is 11.6 Å². The zero-order valence-electron chi connectivity index (χ0n) is 10.9. The molecule has 2 rings (SSSR count). The van der Waals surface area contributed by atoms with E-state index < -0.39 is 0 Å². The highest BCUT2D eigenvalue weighted by Crippen LogP contribution is 2.25. The molecule has 1 saturated heterocycles. The largest absolute Gasteiger partial charge is 0.381 e. The van der Waals surface area contributed by atoms with Crippen LogP contribution in [0.15, 0.2) is 0 Å². The molecule has 1 fully saturated rings. The van der Waals surface area contributed by atoms with Crippen molar-refractivity contribution in [3.63, 3.8) is 0 Å². The lowest BCUT2D eigenvalue weighted by Gasteiger charge is -2.29. The van der Waals surface area contributed by atoms with Crippen LogP contribution in [0.1, 0.15) is 24.1 Å². The highest BCUT2D eigenvalue weighted by molar-refractivity contribution is 6.30. The van der Waals surface area contributed by atoms with Crippen molar-refractivity contribution in [1.29, 1.82) is 0 Å². The van der Waals surface area contributed by atoms with E-state index in [1.54, 1.807) is 4.68 Å². The van der Waals surface area contributed by atoms with Gasteiger partial charge in [0, 0.05) is 25.3 Å². The fourth-order valence-electron chi connectivity index (χ4n) is 2.57. The molecule has 0 saturated carbocycles. The molecule has 0 bridgehead atoms. The standard InChI is InChI=1S/C12H21ClN4O/c1-8-10(12(13)17(2)16-8)6-11(15-14)9-4-3-5-18-7-9/h9,11,15H,3-7,14H2,1-2H3. The van der Waals surface area contributed by atoms with Gasteiger partial charge in [0.1, 0.15) is 5.15 Å². The number of nitrogens with one attached hydrogen (secondary N) is 1. The molecule has 0 spiro atoms. The van der Waals surface area contributed by atoms with Crippen molar-refractivity contribution in [3.8, 4) is 0 Å². The van der Waals surface area contributed by atoms with Crippen LogP contribution in [0.4, 0.5) is 0 Å². The summed E-state index contributed by atoms with van der Waals surface area (Å²) in [5, 5.41) is 5.03. The molecule has 0 aromatic carbocycles. The molecular formula is C12H21ClN4O. The quantitative estimate of drug-likeness (QED) is 0.638. The maximum absolute atomic E-state index is 6.25. The molecule has 1 aromatic rings. The second-order valence-electron chi connectivity index (χ2n) is 4.93. The monoisotopic (exact) mass is 272 g/mol. The summed E-state index contributed by atoms with van der Waals surface area (Å²) in [6, 6.07) is 0.186. The number of nitrogens with two attached hydrogens (primary N) is 1. The predicted molar refractivity (Wildman–Crippen MR) is 71.3 cm³/mol. The molecule has 0 aliphatic carbocycles. The lowest BCUT2D eigenvalue weighted by atomic mass is 9.90. The molecule has 0 amide bonds. The van der Waals surface area contributed by atoms with E-state index in [0.29, 0.717) is 11.1 Å². The van der Waals surface area contributed by atoms with Crippen molar-refractivity contribution < 1.29 is 4.74 Å². The molecule has 6 heteroatoms. The lowest BCUT2D eigenvalue weighted by molar-refractivity contribution is 0.0393. The lowest BCUT2D eigenvalue weighted by Crippen LogP contribution is -2.45. The first kappa shape index (κ1) is 13.8. The van der Waals surface area contributed by atoms with Gasteiger partial charge in [-0.25, -0.2) is 0 Å². The van der Waals surface area contributed by atoms with Crippen LogP contribution in [0.2, 0.25) is 5.15 Å². The van der Waals surface area contributed by atoms with Crippen LogP contribution < -0.4 is 11.3 Å². The number of ether oxygens (including phenoxy) is 1. The summed E-state index contributed by atoms with van der Waals surface area (Å²) in [7, 11) is 1.85. The molecule has 1 aliphatic rings. The number of hydrazine groups is 1. The van der Waals surface area contributed by atoms with Crippen molar-refractivity contribution in [1.82, 2.24) is 15.2 Å². The molecule has 3 N–H and O–H groups in total. The molecule has 2 unspecified atom stereocenters. The predicted octanol–water partition coefficient (Wildman–Crippen LogP) is 1.18. The van der Waals surface area contributed by atoms with Gasteiger partial charge in [-0.15, -0.1) is 0 Å². The third-order valence-corrected chi connectivity index (χ3v) is 4.15. The van der Waals surface area contributed by atoms with Gasteiger partial charge in [0.15, 0.2) is 0 Å². The van der Waals surface area contributed by atoms with Gasteiger partial charge in [0.05, 0.1) is 12.3 Å². The summed E-state index contributed by atoms with van der Waals surface area (Å²) < 4.78 is 7.22. The number of hydrogen-bond donors (Lipinski definition) is 2. The average molecular weight is 273 g/mol. The maximum Gasteiger partial charge on any atom is 0.130 e. The Morgan fingerprint density at radius 3 is 2.94 bits per heavy atom. The van der Waals surface area contributed by atoms with Crippen LogP contribution in [0.3, 0.4) is 0 Å². The Balaban J connectivity index is 2.09. The summed E-state index contributed by atoms with van der Waals surface area (Å²) >= 11 is 6.25. The Morgan fingerprint density at radius 1 is 1.67 bits per heavy atom. The van der Waals surface area contributed by atoms with Crippen molar-refractivity contribution in [2.45, 2.75) is 32.2 Å². The number of aryl methyl sites for hydroxylation is 2. The first-order chi connectivity index (χ1) is 8.63. The van der Waals surface area contributed by atoms with E-state index in [2.05, 4.69) is 10.5 Å². The number of rotatable bonds is 4. The van der Waals surface area contributed by atoms with Gasteiger partial charge in [0.2, 0.25) is 0 Å². The van der Waals surface area contributed by atoms with Crippen molar-refractivity contribution in [2.24, 2.45) is 18.8 Å². The summed E-state index contributed by atoms with van der Waals surface area (Å²) in [6.45, 7) is 3.61. The topological polar surface area (TPSA) is 65.1 Å². The Bertz CT molecular complexity index is 401. The second kappa shape index (κ2) is 6.02. The van der Waals surface area contributed by atoms with Gasteiger partial charge in [-0.05, 0) is 32.1 Å². The third-order valence-electron chi connectivity index (χ3n) is 3.67. The molecule has 2 atom stereocenters. The fourth-order valence-corrected chi connectivity index (χ4v) is 2.82. The molecule has 5 nitrogen and oxygen atoms in total. The molecule has 2 heterocycles. The average Bonchev–Trinajstić information content (AvgIpc) is 2.62. The Labute approximate surface area is 113 Å². The number of aromatic nitrogens is 2. The molecule has 1 aromatic heterocycles. The SMILES string of the molecule is Cc1nn(C)c(Cl)c1CC(NN)C1CCCOC1. The molecular weight excluding hydrogens is 252 g/mol. The summed E-state index contributed by atoms with van der Waals surface area (Å²) in [4.78, 5) is 0. The van der Waals surface area contributed by atoms with Gasteiger partial charge < -0.3 is 4.74 Å². The third kappa shape index (κ3) is 2.85. The normalized spacial score (nSPS) is 22.1. The van der Waals surface area contributed by atoms with E-state index in [1.165, 1.54) is 0 Å². The van der Waals surface area contributed by atoms with Gasteiger partial charge >= 0.3 is 0 Å². The summed E-state index contributed by atoms with van der Waals surface area (Å²) in [5.41, 5.74) is 4.96. The highest BCUT2D eigenvalue weighted by Gasteiger charge is 2.26. The molecule has 1 aliphatic heterocycles. The number of hydrogen-bond acceptors (Lipinski definition) is 4. The van der Waals surface area contributed by atoms with Gasteiger partial charge in [-0.3, -0.25) is 16.0 Å². The fraction of sp³-hybridized carbons (Fsp3) is 0.750. The Kier molecular flexibility index (Phi) is 4.61. The molecule has 18 heavy (non-hydrogen) atoms. The minimum atomic E-state index is 0.186. The minimum Gasteiger partial charge on any atom is -0.381 e. The van der Waals surface area contributed by atoms with Crippen LogP contribution in [0.5, 0.6) is 0 Å². The summed E-state index contributed by atoms with van der Waals surface area (Å²) in [6.07, 6.45) is 3.04. The molecule has 102 valence electrons. The minimum absolute atomic E-state index is 0.186. The van der Waals surface area contributed by atoms with Gasteiger partial charge in [-0.2, -0.15) is 5.10 Å². The van der Waals surface area contributed by atoms with Gasteiger partial charge in [0.25, 0.3) is 0 Å². The van der Waals surface area contributed by atoms with E-state index in [9.17, 15) is 0 Å². The Hall–Kier alpha value is -0.620. The zero-order valence-corrected chi connectivity index (χ0v) is 11.7. The van der Waals surface area contributed by atoms with Crippen molar-refractivity contribution in [3.05, 3.63) is 16.4 Å². The van der Waals surface area contributed by atoms with E-state index in [4.69, 9.17) is 22.2 Å². The zero-order chi connectivity index (χ0) is 13.1. The Morgan fingerprint density at radius 2 is 2.44 bits per heavy atom. The van der Waals surface area contributed by atoms with E-state index in [1.807, 2.05) is 14.0 Å². The first-order valence-electron chi connectivity index (χ1n) is 6.35. The molecule has 0 radical (unpaired) electrons. The number of halogens is 1. The summed E-state index contributed by atoms with van der Waals surface area (Å²) in [5.74, 6) is 6.13. The maximum atomic E-state index is 6.25. The van der Waals surface area contributed by atoms with E-state index in [0.717, 1.165) is 43.7 Å².